The van der Waals surface area contributed by atoms with Crippen LogP contribution in [-0.2, 0) is 0 Å². The summed E-state index contributed by atoms with van der Waals surface area (Å²) in [6.45, 7) is 11.5. The first kappa shape index (κ1) is 10.8. The first-order chi connectivity index (χ1) is 5.74. The fraction of sp³-hybridized carbons (Fsp3) is 0.273. The zero-order valence-corrected chi connectivity index (χ0v) is 7.93. The molecule has 0 atom stereocenters. The van der Waals surface area contributed by atoms with Gasteiger partial charge in [-0.2, -0.15) is 0 Å². The highest BCUT2D eigenvalue weighted by atomic mass is 14.9. The second-order valence-corrected chi connectivity index (χ2v) is 2.41. The molecule has 0 saturated heterocycles. The van der Waals surface area contributed by atoms with Crippen molar-refractivity contribution in [2.45, 2.75) is 20.3 Å². The van der Waals surface area contributed by atoms with Crippen LogP contribution in [0, 0.1) is 0 Å². The number of nitrogens with one attached hydrogen (secondary N) is 1. The molecule has 1 nitrogen and oxygen atoms in total. The summed E-state index contributed by atoms with van der Waals surface area (Å²) in [6, 6.07) is 0. The molecular formula is C11H17N. The predicted molar refractivity (Wildman–Crippen MR) is 55.7 cm³/mol. The summed E-state index contributed by atoms with van der Waals surface area (Å²) in [5.41, 5.74) is 1.88. The Morgan fingerprint density at radius 2 is 2.17 bits per heavy atom. The third-order valence-corrected chi connectivity index (χ3v) is 1.40. The van der Waals surface area contributed by atoms with E-state index in [2.05, 4.69) is 31.5 Å². The lowest BCUT2D eigenvalue weighted by Gasteiger charge is -2.04. The summed E-state index contributed by atoms with van der Waals surface area (Å²) in [5, 5.41) is 3.11. The number of rotatable bonds is 5. The third-order valence-electron chi connectivity index (χ3n) is 1.40. The molecule has 0 rings (SSSR count). The smallest absolute Gasteiger partial charge is 0.0337 e. The lowest BCUT2D eigenvalue weighted by atomic mass is 10.3. The van der Waals surface area contributed by atoms with Gasteiger partial charge in [0.2, 0.25) is 0 Å². The molecule has 0 aliphatic rings. The Bertz CT molecular complexity index is 209. The minimum absolute atomic E-state index is 0.823. The van der Waals surface area contributed by atoms with Gasteiger partial charge in [0.1, 0.15) is 0 Å². The van der Waals surface area contributed by atoms with E-state index in [0.717, 1.165) is 17.8 Å². The lowest BCUT2D eigenvalue weighted by Crippen LogP contribution is -2.07. The second kappa shape index (κ2) is 6.47. The minimum Gasteiger partial charge on any atom is -0.356 e. The summed E-state index contributed by atoms with van der Waals surface area (Å²) in [4.78, 5) is 0. The number of hydrogen-bond acceptors (Lipinski definition) is 1. The Morgan fingerprint density at radius 3 is 2.58 bits per heavy atom. The van der Waals surface area contributed by atoms with E-state index in [1.165, 1.54) is 0 Å². The van der Waals surface area contributed by atoms with Gasteiger partial charge in [0.25, 0.3) is 0 Å². The van der Waals surface area contributed by atoms with E-state index < -0.39 is 0 Å². The van der Waals surface area contributed by atoms with Crippen molar-refractivity contribution >= 4 is 0 Å². The highest BCUT2D eigenvalue weighted by Gasteiger charge is 1.88. The average molecular weight is 163 g/mol. The number of allylic oxidation sites excluding steroid dienone is 4. The topological polar surface area (TPSA) is 12.0 Å². The van der Waals surface area contributed by atoms with Crippen LogP contribution in [0.3, 0.4) is 0 Å². The van der Waals surface area contributed by atoms with Crippen molar-refractivity contribution < 1.29 is 0 Å². The largest absolute Gasteiger partial charge is 0.356 e. The molecule has 0 spiro atoms. The maximum Gasteiger partial charge on any atom is 0.0337 e. The van der Waals surface area contributed by atoms with Gasteiger partial charge in [-0.05, 0) is 25.5 Å². The average Bonchev–Trinajstić information content (AvgIpc) is 2.11. The third kappa shape index (κ3) is 4.56. The molecule has 0 aliphatic carbocycles. The monoisotopic (exact) mass is 163 g/mol. The van der Waals surface area contributed by atoms with Crippen LogP contribution < -0.4 is 5.32 Å². The van der Waals surface area contributed by atoms with Crippen molar-refractivity contribution in [2.75, 3.05) is 0 Å². The molecule has 1 N–H and O–H groups in total. The normalized spacial score (nSPS) is 11.7. The fourth-order valence-electron chi connectivity index (χ4n) is 0.691. The van der Waals surface area contributed by atoms with E-state index in [9.17, 15) is 0 Å². The molecule has 0 aliphatic heterocycles. The Hall–Kier alpha value is -1.24. The molecule has 0 saturated carbocycles. The minimum atomic E-state index is 0.823. The van der Waals surface area contributed by atoms with Gasteiger partial charge >= 0.3 is 0 Å². The first-order valence-electron chi connectivity index (χ1n) is 4.15. The van der Waals surface area contributed by atoms with Crippen LogP contribution in [0.2, 0.25) is 0 Å². The molecule has 0 unspecified atom stereocenters. The Morgan fingerprint density at radius 1 is 1.50 bits per heavy atom. The number of hydrogen-bond donors (Lipinski definition) is 1. The summed E-state index contributed by atoms with van der Waals surface area (Å²) >= 11 is 0. The molecular weight excluding hydrogens is 146 g/mol. The van der Waals surface area contributed by atoms with Gasteiger partial charge in [-0.1, -0.05) is 32.2 Å². The maximum absolute atomic E-state index is 3.77. The van der Waals surface area contributed by atoms with Crippen molar-refractivity contribution in [1.82, 2.24) is 5.32 Å². The lowest BCUT2D eigenvalue weighted by molar-refractivity contribution is 1.04. The Kier molecular flexibility index (Phi) is 5.80. The van der Waals surface area contributed by atoms with Gasteiger partial charge in [-0.25, -0.2) is 0 Å². The molecule has 0 bridgehead atoms. The summed E-state index contributed by atoms with van der Waals surface area (Å²) in [6.07, 6.45) is 8.87. The molecule has 0 aromatic carbocycles. The molecule has 12 heavy (non-hydrogen) atoms. The van der Waals surface area contributed by atoms with Gasteiger partial charge in [-0.3, -0.25) is 0 Å². The van der Waals surface area contributed by atoms with Crippen molar-refractivity contribution in [3.8, 4) is 0 Å². The fourth-order valence-corrected chi connectivity index (χ4v) is 0.691. The molecule has 0 heterocycles. The summed E-state index contributed by atoms with van der Waals surface area (Å²) < 4.78 is 0. The Balaban J connectivity index is 4.10. The first-order valence-corrected chi connectivity index (χ1v) is 4.15. The highest BCUT2D eigenvalue weighted by Crippen LogP contribution is 1.97. The molecule has 0 aromatic rings. The SMILES string of the molecule is C=CC(=C)NC(/C=C\CC)=C/C. The quantitative estimate of drug-likeness (QED) is 0.614. The maximum atomic E-state index is 3.77. The van der Waals surface area contributed by atoms with Crippen molar-refractivity contribution in [3.63, 3.8) is 0 Å². The molecule has 0 radical (unpaired) electrons. The van der Waals surface area contributed by atoms with E-state index in [-0.39, 0.29) is 0 Å². The summed E-state index contributed by atoms with van der Waals surface area (Å²) in [7, 11) is 0. The van der Waals surface area contributed by atoms with E-state index in [0.29, 0.717) is 0 Å². The standard InChI is InChI=1S/C11H17N/c1-5-8-9-11(7-3)12-10(4)6-2/h6-9,12H,2,4-5H2,1,3H3/b9-8-,11-7+. The van der Waals surface area contributed by atoms with Crippen LogP contribution in [0.25, 0.3) is 0 Å². The van der Waals surface area contributed by atoms with Gasteiger partial charge in [-0.15, -0.1) is 0 Å². The molecule has 0 aromatic heterocycles. The van der Waals surface area contributed by atoms with E-state index in [1.54, 1.807) is 6.08 Å². The van der Waals surface area contributed by atoms with Crippen LogP contribution >= 0.6 is 0 Å². The van der Waals surface area contributed by atoms with Gasteiger partial charge in [0.15, 0.2) is 0 Å². The van der Waals surface area contributed by atoms with Crippen LogP contribution in [0.4, 0.5) is 0 Å². The molecule has 66 valence electrons. The highest BCUT2D eigenvalue weighted by molar-refractivity contribution is 5.24. The predicted octanol–water partition coefficient (Wildman–Crippen LogP) is 3.15. The van der Waals surface area contributed by atoms with Crippen molar-refractivity contribution in [1.29, 1.82) is 0 Å². The summed E-state index contributed by atoms with van der Waals surface area (Å²) in [5.74, 6) is 0. The van der Waals surface area contributed by atoms with Crippen LogP contribution in [0.5, 0.6) is 0 Å². The molecule has 0 fully saturated rings. The molecule has 0 amide bonds. The van der Waals surface area contributed by atoms with Crippen molar-refractivity contribution in [3.05, 3.63) is 48.9 Å². The van der Waals surface area contributed by atoms with E-state index in [1.807, 2.05) is 19.1 Å². The van der Waals surface area contributed by atoms with E-state index >= 15 is 0 Å². The Labute approximate surface area is 75.2 Å². The second-order valence-electron chi connectivity index (χ2n) is 2.41. The van der Waals surface area contributed by atoms with Crippen molar-refractivity contribution in [2.24, 2.45) is 0 Å². The van der Waals surface area contributed by atoms with Gasteiger partial charge < -0.3 is 5.32 Å². The van der Waals surface area contributed by atoms with Gasteiger partial charge in [0.05, 0.1) is 0 Å². The van der Waals surface area contributed by atoms with E-state index in [4.69, 9.17) is 0 Å². The zero-order valence-electron chi connectivity index (χ0n) is 7.93. The van der Waals surface area contributed by atoms with Crippen LogP contribution in [0.1, 0.15) is 20.3 Å². The molecule has 1 heteroatoms. The van der Waals surface area contributed by atoms with Crippen LogP contribution in [0.15, 0.2) is 48.9 Å². The van der Waals surface area contributed by atoms with Crippen LogP contribution in [-0.4, -0.2) is 0 Å². The van der Waals surface area contributed by atoms with Gasteiger partial charge in [0, 0.05) is 11.4 Å². The zero-order chi connectivity index (χ0) is 9.40.